The van der Waals surface area contributed by atoms with Crippen molar-refractivity contribution < 1.29 is 4.74 Å². The number of halogens is 1. The molecule has 5 heteroatoms. The summed E-state index contributed by atoms with van der Waals surface area (Å²) in [6, 6.07) is 5.90. The monoisotopic (exact) mass is 328 g/mol. The van der Waals surface area contributed by atoms with Crippen molar-refractivity contribution in [3.63, 3.8) is 0 Å². The molecular weight excluding hydrogens is 312 g/mol. The van der Waals surface area contributed by atoms with Gasteiger partial charge in [-0.05, 0) is 47.3 Å². The second-order valence-electron chi connectivity index (χ2n) is 4.40. The number of nitrogens with two attached hydrogens (primary N) is 1. The molecule has 1 unspecified atom stereocenters. The predicted molar refractivity (Wildman–Crippen MR) is 82.1 cm³/mol. The fourth-order valence-electron chi connectivity index (χ4n) is 2.11. The van der Waals surface area contributed by atoms with E-state index in [4.69, 9.17) is 22.7 Å². The summed E-state index contributed by atoms with van der Waals surface area (Å²) in [7, 11) is 0. The number of hydrogen-bond acceptors (Lipinski definition) is 3. The van der Waals surface area contributed by atoms with Crippen molar-refractivity contribution in [1.82, 2.24) is 0 Å². The van der Waals surface area contributed by atoms with Gasteiger partial charge in [0.05, 0.1) is 6.10 Å². The van der Waals surface area contributed by atoms with Crippen molar-refractivity contribution in [2.45, 2.75) is 25.4 Å². The molecule has 0 saturated carbocycles. The Bertz CT molecular complexity index is 433. The number of ether oxygens (including phenoxy) is 1. The fraction of sp³-hybridized carbons (Fsp3) is 0.462. The van der Waals surface area contributed by atoms with Gasteiger partial charge in [-0.1, -0.05) is 18.3 Å². The average Bonchev–Trinajstić information content (AvgIpc) is 2.37. The summed E-state index contributed by atoms with van der Waals surface area (Å²) in [6.45, 7) is 1.67. The van der Waals surface area contributed by atoms with Crippen LogP contribution in [-0.4, -0.2) is 24.2 Å². The molecule has 1 aromatic carbocycles. The lowest BCUT2D eigenvalue weighted by Crippen LogP contribution is -2.27. The number of benzene rings is 1. The number of rotatable bonds is 4. The Morgan fingerprint density at radius 2 is 2.33 bits per heavy atom. The van der Waals surface area contributed by atoms with Crippen molar-refractivity contribution in [3.8, 4) is 0 Å². The molecular formula is C13H17BrN2OS. The van der Waals surface area contributed by atoms with E-state index >= 15 is 0 Å². The third-order valence-corrected chi connectivity index (χ3v) is 3.92. The van der Waals surface area contributed by atoms with Crippen LogP contribution in [0.15, 0.2) is 22.7 Å². The van der Waals surface area contributed by atoms with Gasteiger partial charge in [-0.15, -0.1) is 0 Å². The van der Waals surface area contributed by atoms with Gasteiger partial charge in [0.1, 0.15) is 4.99 Å². The molecule has 0 aromatic heterocycles. The maximum Gasteiger partial charge on any atom is 0.107 e. The lowest BCUT2D eigenvalue weighted by molar-refractivity contribution is 0.0247. The molecule has 0 amide bonds. The first kappa shape index (κ1) is 13.8. The summed E-state index contributed by atoms with van der Waals surface area (Å²) in [5.74, 6) is 0. The van der Waals surface area contributed by atoms with Gasteiger partial charge < -0.3 is 15.8 Å². The zero-order chi connectivity index (χ0) is 13.0. The van der Waals surface area contributed by atoms with E-state index in [-0.39, 0.29) is 6.10 Å². The SMILES string of the molecule is NC(=S)c1c(Br)cccc1NCC1CCCCO1. The Morgan fingerprint density at radius 3 is 3.00 bits per heavy atom. The summed E-state index contributed by atoms with van der Waals surface area (Å²) >= 11 is 8.56. The molecule has 0 spiro atoms. The molecule has 1 fully saturated rings. The Morgan fingerprint density at radius 1 is 1.50 bits per heavy atom. The van der Waals surface area contributed by atoms with Gasteiger partial charge >= 0.3 is 0 Å². The van der Waals surface area contributed by atoms with E-state index in [1.165, 1.54) is 12.8 Å². The first-order valence-electron chi connectivity index (χ1n) is 6.12. The van der Waals surface area contributed by atoms with Gasteiger partial charge in [0.25, 0.3) is 0 Å². The topological polar surface area (TPSA) is 47.3 Å². The van der Waals surface area contributed by atoms with Gasteiger partial charge in [-0.25, -0.2) is 0 Å². The first-order valence-corrected chi connectivity index (χ1v) is 7.32. The molecule has 1 aromatic rings. The number of hydrogen-bond donors (Lipinski definition) is 2. The van der Waals surface area contributed by atoms with Crippen LogP contribution in [0.2, 0.25) is 0 Å². The maximum absolute atomic E-state index is 5.75. The third-order valence-electron chi connectivity index (χ3n) is 3.05. The molecule has 1 aliphatic rings. The second-order valence-corrected chi connectivity index (χ2v) is 5.69. The van der Waals surface area contributed by atoms with E-state index < -0.39 is 0 Å². The van der Waals surface area contributed by atoms with Crippen LogP contribution in [0, 0.1) is 0 Å². The van der Waals surface area contributed by atoms with E-state index in [0.717, 1.165) is 35.3 Å². The molecule has 1 saturated heterocycles. The van der Waals surface area contributed by atoms with Crippen LogP contribution in [0.25, 0.3) is 0 Å². The molecule has 0 aliphatic carbocycles. The fourth-order valence-corrected chi connectivity index (χ4v) is 3.04. The Balaban J connectivity index is 2.04. The molecule has 98 valence electrons. The lowest BCUT2D eigenvalue weighted by atomic mass is 10.1. The highest BCUT2D eigenvalue weighted by Gasteiger charge is 2.15. The van der Waals surface area contributed by atoms with E-state index in [0.29, 0.717) is 4.99 Å². The van der Waals surface area contributed by atoms with Crippen molar-refractivity contribution >= 4 is 38.8 Å². The smallest absolute Gasteiger partial charge is 0.107 e. The third kappa shape index (κ3) is 3.43. The lowest BCUT2D eigenvalue weighted by Gasteiger charge is -2.24. The molecule has 3 nitrogen and oxygen atoms in total. The molecule has 1 atom stereocenters. The Kier molecular flexibility index (Phi) is 4.97. The van der Waals surface area contributed by atoms with Crippen molar-refractivity contribution in [2.24, 2.45) is 5.73 Å². The summed E-state index contributed by atoms with van der Waals surface area (Å²) in [5, 5.41) is 3.38. The summed E-state index contributed by atoms with van der Waals surface area (Å²) < 4.78 is 6.61. The molecule has 1 heterocycles. The molecule has 3 N–H and O–H groups in total. The molecule has 2 rings (SSSR count). The van der Waals surface area contributed by atoms with E-state index in [2.05, 4.69) is 21.2 Å². The largest absolute Gasteiger partial charge is 0.389 e. The van der Waals surface area contributed by atoms with Crippen molar-refractivity contribution in [1.29, 1.82) is 0 Å². The minimum Gasteiger partial charge on any atom is -0.389 e. The van der Waals surface area contributed by atoms with Crippen molar-refractivity contribution in [3.05, 3.63) is 28.2 Å². The highest BCUT2D eigenvalue weighted by Crippen LogP contribution is 2.25. The summed E-state index contributed by atoms with van der Waals surface area (Å²) in [5.41, 5.74) is 7.58. The van der Waals surface area contributed by atoms with Crippen LogP contribution in [0.5, 0.6) is 0 Å². The molecule has 0 radical (unpaired) electrons. The number of nitrogens with one attached hydrogen (secondary N) is 1. The highest BCUT2D eigenvalue weighted by atomic mass is 79.9. The van der Waals surface area contributed by atoms with Gasteiger partial charge in [0.15, 0.2) is 0 Å². The molecule has 18 heavy (non-hydrogen) atoms. The normalized spacial score (nSPS) is 19.5. The van der Waals surface area contributed by atoms with Crippen LogP contribution in [0.1, 0.15) is 24.8 Å². The minimum absolute atomic E-state index is 0.289. The van der Waals surface area contributed by atoms with Gasteiger partial charge in [-0.3, -0.25) is 0 Å². The van der Waals surface area contributed by atoms with Crippen LogP contribution in [0.4, 0.5) is 5.69 Å². The minimum atomic E-state index is 0.289. The van der Waals surface area contributed by atoms with Crippen LogP contribution >= 0.6 is 28.1 Å². The Hall–Kier alpha value is -0.650. The van der Waals surface area contributed by atoms with Crippen LogP contribution in [0.3, 0.4) is 0 Å². The predicted octanol–water partition coefficient (Wildman–Crippen LogP) is 3.06. The Labute approximate surface area is 121 Å². The van der Waals surface area contributed by atoms with Crippen LogP contribution < -0.4 is 11.1 Å². The van der Waals surface area contributed by atoms with Gasteiger partial charge in [0.2, 0.25) is 0 Å². The van der Waals surface area contributed by atoms with E-state index in [1.54, 1.807) is 0 Å². The number of thiocarbonyl (C=S) groups is 1. The first-order chi connectivity index (χ1) is 8.68. The van der Waals surface area contributed by atoms with Gasteiger partial charge in [0, 0.05) is 28.9 Å². The summed E-state index contributed by atoms with van der Waals surface area (Å²) in [6.07, 6.45) is 3.82. The second kappa shape index (κ2) is 6.50. The zero-order valence-electron chi connectivity index (χ0n) is 10.1. The number of anilines is 1. The average molecular weight is 329 g/mol. The van der Waals surface area contributed by atoms with E-state index in [1.807, 2.05) is 18.2 Å². The van der Waals surface area contributed by atoms with Crippen molar-refractivity contribution in [2.75, 3.05) is 18.5 Å². The maximum atomic E-state index is 5.75. The quantitative estimate of drug-likeness (QED) is 0.834. The summed E-state index contributed by atoms with van der Waals surface area (Å²) in [4.78, 5) is 0.398. The zero-order valence-corrected chi connectivity index (χ0v) is 12.5. The van der Waals surface area contributed by atoms with Gasteiger partial charge in [-0.2, -0.15) is 0 Å². The highest BCUT2D eigenvalue weighted by molar-refractivity contribution is 9.10. The molecule has 0 bridgehead atoms. The van der Waals surface area contributed by atoms with E-state index in [9.17, 15) is 0 Å². The van der Waals surface area contributed by atoms with Crippen LogP contribution in [-0.2, 0) is 4.74 Å². The standard InChI is InChI=1S/C13H17BrN2OS/c14-10-5-3-6-11(12(10)13(15)18)16-8-9-4-1-2-7-17-9/h3,5-6,9,16H,1-2,4,7-8H2,(H2,15,18). The molecule has 1 aliphatic heterocycles.